The minimum Gasteiger partial charge on any atom is -0.339 e. The van der Waals surface area contributed by atoms with Gasteiger partial charge in [-0.05, 0) is 24.5 Å². The highest BCUT2D eigenvalue weighted by atomic mass is 35.5. The molecule has 0 radical (unpaired) electrons. The van der Waals surface area contributed by atoms with Crippen LogP contribution in [0.1, 0.15) is 42.0 Å². The highest BCUT2D eigenvalue weighted by molar-refractivity contribution is 6.31. The molecule has 4 rings (SSSR count). The molecule has 0 spiro atoms. The molecule has 2 aromatic rings. The average molecular weight is 290 g/mol. The molecule has 4 nitrogen and oxygen atoms in total. The van der Waals surface area contributed by atoms with Gasteiger partial charge in [-0.3, -0.25) is 4.90 Å². The Morgan fingerprint density at radius 3 is 2.75 bits per heavy atom. The summed E-state index contributed by atoms with van der Waals surface area (Å²) in [6.45, 7) is 2.83. The molecule has 1 aliphatic heterocycles. The van der Waals surface area contributed by atoms with Crippen molar-refractivity contribution in [2.75, 3.05) is 13.1 Å². The summed E-state index contributed by atoms with van der Waals surface area (Å²) in [5.74, 6) is 2.66. The maximum Gasteiger partial charge on any atom is 0.232 e. The lowest BCUT2D eigenvalue weighted by Gasteiger charge is -2.37. The highest BCUT2D eigenvalue weighted by Crippen LogP contribution is 2.39. The van der Waals surface area contributed by atoms with Crippen LogP contribution in [0.15, 0.2) is 28.8 Å². The van der Waals surface area contributed by atoms with E-state index in [9.17, 15) is 0 Å². The minimum absolute atomic E-state index is 0.387. The average Bonchev–Trinajstić information content (AvgIpc) is 3.14. The van der Waals surface area contributed by atoms with E-state index in [1.807, 2.05) is 18.2 Å². The van der Waals surface area contributed by atoms with Gasteiger partial charge >= 0.3 is 0 Å². The van der Waals surface area contributed by atoms with E-state index >= 15 is 0 Å². The maximum absolute atomic E-state index is 6.18. The molecule has 2 aliphatic rings. The van der Waals surface area contributed by atoms with Crippen molar-refractivity contribution < 1.29 is 4.52 Å². The highest BCUT2D eigenvalue weighted by Gasteiger charge is 2.35. The predicted octanol–water partition coefficient (Wildman–Crippen LogP) is 3.20. The van der Waals surface area contributed by atoms with Crippen LogP contribution in [0.2, 0.25) is 5.02 Å². The van der Waals surface area contributed by atoms with Crippen molar-refractivity contribution in [3.05, 3.63) is 46.6 Å². The van der Waals surface area contributed by atoms with E-state index < -0.39 is 0 Å². The zero-order chi connectivity index (χ0) is 13.5. The molecule has 2 fully saturated rings. The van der Waals surface area contributed by atoms with E-state index in [0.717, 1.165) is 36.4 Å². The molecule has 0 N–H and O–H groups in total. The lowest BCUT2D eigenvalue weighted by atomic mass is 9.99. The van der Waals surface area contributed by atoms with Gasteiger partial charge in [0, 0.05) is 30.6 Å². The Labute approximate surface area is 122 Å². The molecule has 5 heteroatoms. The first-order valence-corrected chi connectivity index (χ1v) is 7.46. The maximum atomic E-state index is 6.18. The Bertz CT molecular complexity index is 617. The summed E-state index contributed by atoms with van der Waals surface area (Å²) in [5, 5.41) is 4.92. The van der Waals surface area contributed by atoms with Crippen molar-refractivity contribution in [3.63, 3.8) is 0 Å². The third-order valence-corrected chi connectivity index (χ3v) is 4.43. The fourth-order valence-corrected chi connectivity index (χ4v) is 2.84. The quantitative estimate of drug-likeness (QED) is 0.867. The van der Waals surface area contributed by atoms with Crippen LogP contribution >= 0.6 is 11.6 Å². The second kappa shape index (κ2) is 4.86. The van der Waals surface area contributed by atoms with E-state index in [0.29, 0.717) is 11.8 Å². The van der Waals surface area contributed by atoms with Gasteiger partial charge in [-0.25, -0.2) is 0 Å². The fraction of sp³-hybridized carbons (Fsp3) is 0.467. The van der Waals surface area contributed by atoms with Gasteiger partial charge in [0.15, 0.2) is 5.82 Å². The SMILES string of the molecule is Clc1ccccc1CN1CC(c2nc(C3CC3)no2)C1. The molecule has 104 valence electrons. The topological polar surface area (TPSA) is 42.2 Å². The lowest BCUT2D eigenvalue weighted by molar-refractivity contribution is 0.117. The summed E-state index contributed by atoms with van der Waals surface area (Å²) >= 11 is 6.18. The fourth-order valence-electron chi connectivity index (χ4n) is 2.64. The van der Waals surface area contributed by atoms with Gasteiger partial charge in [-0.15, -0.1) is 0 Å². The number of hydrogen-bond acceptors (Lipinski definition) is 4. The third-order valence-electron chi connectivity index (χ3n) is 4.06. The monoisotopic (exact) mass is 289 g/mol. The molecule has 0 bridgehead atoms. The van der Waals surface area contributed by atoms with E-state index in [-0.39, 0.29) is 0 Å². The molecular weight excluding hydrogens is 274 g/mol. The van der Waals surface area contributed by atoms with E-state index in [4.69, 9.17) is 16.1 Å². The van der Waals surface area contributed by atoms with Crippen LogP contribution in [0.5, 0.6) is 0 Å². The van der Waals surface area contributed by atoms with Gasteiger partial charge in [0.25, 0.3) is 0 Å². The number of nitrogens with zero attached hydrogens (tertiary/aromatic N) is 3. The summed E-state index contributed by atoms with van der Waals surface area (Å²) < 4.78 is 5.38. The van der Waals surface area contributed by atoms with Crippen LogP contribution in [0, 0.1) is 0 Å². The van der Waals surface area contributed by atoms with Crippen LogP contribution < -0.4 is 0 Å². The van der Waals surface area contributed by atoms with E-state index in [1.165, 1.54) is 18.4 Å². The molecular formula is C15H16ClN3O. The molecule has 1 saturated carbocycles. The Balaban J connectivity index is 1.36. The Morgan fingerprint density at radius 2 is 2.00 bits per heavy atom. The number of likely N-dealkylation sites (tertiary alicyclic amines) is 1. The van der Waals surface area contributed by atoms with E-state index in [1.54, 1.807) is 0 Å². The normalized spacial score (nSPS) is 20.1. The van der Waals surface area contributed by atoms with Crippen LogP contribution in [0.3, 0.4) is 0 Å². The number of benzene rings is 1. The van der Waals surface area contributed by atoms with Crippen molar-refractivity contribution in [1.29, 1.82) is 0 Å². The predicted molar refractivity (Wildman–Crippen MR) is 75.7 cm³/mol. The molecule has 1 aromatic carbocycles. The molecule has 1 aliphatic carbocycles. The molecule has 2 heterocycles. The standard InChI is InChI=1S/C15H16ClN3O/c16-13-4-2-1-3-11(13)7-19-8-12(9-19)15-17-14(18-20-15)10-5-6-10/h1-4,10,12H,5-9H2. The first-order valence-electron chi connectivity index (χ1n) is 7.09. The van der Waals surface area contributed by atoms with Crippen molar-refractivity contribution in [1.82, 2.24) is 15.0 Å². The van der Waals surface area contributed by atoms with Gasteiger partial charge in [-0.2, -0.15) is 4.98 Å². The summed E-state index contributed by atoms with van der Waals surface area (Å²) in [7, 11) is 0. The van der Waals surface area contributed by atoms with Crippen molar-refractivity contribution in [2.24, 2.45) is 0 Å². The molecule has 0 unspecified atom stereocenters. The number of halogens is 1. The minimum atomic E-state index is 0.387. The molecule has 0 atom stereocenters. The van der Waals surface area contributed by atoms with Crippen molar-refractivity contribution in [2.45, 2.75) is 31.2 Å². The van der Waals surface area contributed by atoms with Crippen molar-refractivity contribution >= 4 is 11.6 Å². The van der Waals surface area contributed by atoms with Gasteiger partial charge in [0.2, 0.25) is 5.89 Å². The molecule has 1 saturated heterocycles. The summed E-state index contributed by atoms with van der Waals surface area (Å²) in [6.07, 6.45) is 2.42. The summed E-state index contributed by atoms with van der Waals surface area (Å²) in [5.41, 5.74) is 1.18. The first-order chi connectivity index (χ1) is 9.79. The smallest absolute Gasteiger partial charge is 0.232 e. The van der Waals surface area contributed by atoms with Gasteiger partial charge in [0.05, 0.1) is 5.92 Å². The van der Waals surface area contributed by atoms with Crippen LogP contribution in [-0.2, 0) is 6.54 Å². The third kappa shape index (κ3) is 2.34. The number of hydrogen-bond donors (Lipinski definition) is 0. The zero-order valence-electron chi connectivity index (χ0n) is 11.1. The van der Waals surface area contributed by atoms with E-state index in [2.05, 4.69) is 21.1 Å². The molecule has 20 heavy (non-hydrogen) atoms. The number of aromatic nitrogens is 2. The lowest BCUT2D eigenvalue weighted by Crippen LogP contribution is -2.44. The Hall–Kier alpha value is -1.39. The van der Waals surface area contributed by atoms with Gasteiger partial charge in [0.1, 0.15) is 0 Å². The van der Waals surface area contributed by atoms with Crippen LogP contribution in [0.4, 0.5) is 0 Å². The van der Waals surface area contributed by atoms with Gasteiger partial charge < -0.3 is 4.52 Å². The second-order valence-corrected chi connectivity index (χ2v) is 6.15. The van der Waals surface area contributed by atoms with Gasteiger partial charge in [-0.1, -0.05) is 35.0 Å². The largest absolute Gasteiger partial charge is 0.339 e. The van der Waals surface area contributed by atoms with Crippen LogP contribution in [0.25, 0.3) is 0 Å². The Morgan fingerprint density at radius 1 is 1.20 bits per heavy atom. The first kappa shape index (κ1) is 12.4. The Kier molecular flexibility index (Phi) is 3.00. The summed E-state index contributed by atoms with van der Waals surface area (Å²) in [4.78, 5) is 6.88. The van der Waals surface area contributed by atoms with Crippen LogP contribution in [-0.4, -0.2) is 28.1 Å². The summed E-state index contributed by atoms with van der Waals surface area (Å²) in [6, 6.07) is 8.00. The molecule has 1 aromatic heterocycles. The zero-order valence-corrected chi connectivity index (χ0v) is 11.9. The molecule has 0 amide bonds. The second-order valence-electron chi connectivity index (χ2n) is 5.75. The number of rotatable bonds is 4. The van der Waals surface area contributed by atoms with Crippen molar-refractivity contribution in [3.8, 4) is 0 Å².